The molecular weight excluding hydrogens is 563 g/mol. The molecule has 3 N–H and O–H groups in total. The van der Waals surface area contributed by atoms with Crippen LogP contribution in [0, 0.1) is 5.82 Å². The van der Waals surface area contributed by atoms with Gasteiger partial charge in [-0.1, -0.05) is 30.3 Å². The molecule has 2 aromatic carbocycles. The lowest BCUT2D eigenvalue weighted by atomic mass is 10.1. The van der Waals surface area contributed by atoms with E-state index in [9.17, 15) is 28.7 Å². The maximum Gasteiger partial charge on any atom is 0.527 e. The molecule has 0 unspecified atom stereocenters. The van der Waals surface area contributed by atoms with Crippen LogP contribution in [0.25, 0.3) is 11.4 Å². The van der Waals surface area contributed by atoms with E-state index in [-0.39, 0.29) is 63.0 Å². The number of benzene rings is 2. The number of carboxylic acids is 1. The van der Waals surface area contributed by atoms with Crippen molar-refractivity contribution in [3.05, 3.63) is 72.2 Å². The van der Waals surface area contributed by atoms with E-state index in [1.165, 1.54) is 40.3 Å². The summed E-state index contributed by atoms with van der Waals surface area (Å²) in [4.78, 5) is 65.3. The Morgan fingerprint density at radius 3 is 2.35 bits per heavy atom. The minimum absolute atomic E-state index is 0.0701. The van der Waals surface area contributed by atoms with Crippen LogP contribution in [0.2, 0.25) is 0 Å². The Morgan fingerprint density at radius 2 is 1.70 bits per heavy atom. The average Bonchev–Trinajstić information content (AvgIpc) is 3.00. The fourth-order valence-electron chi connectivity index (χ4n) is 4.25. The first-order valence-corrected chi connectivity index (χ1v) is 13.6. The van der Waals surface area contributed by atoms with Crippen molar-refractivity contribution in [1.29, 1.82) is 0 Å². The molecule has 1 atom stereocenters. The van der Waals surface area contributed by atoms with Gasteiger partial charge >= 0.3 is 12.1 Å². The van der Waals surface area contributed by atoms with Crippen molar-refractivity contribution >= 4 is 35.4 Å². The zero-order valence-corrected chi connectivity index (χ0v) is 23.4. The molecule has 2 amide bonds. The standard InChI is InChI=1S/C29H31FN6O7/c1-2-42-29(41)43-36-16-14-35(15-17-36)28(40)22(12-13-25(37)38)33-27(39)23-18-24(31-21-10-8-20(30)9-11-21)34-26(32-23)19-6-4-3-5-7-19/h3-11,18,22H,2,12-17H2,1H3,(H,33,39)(H,37,38)(H,31,32,34)/t22-/m0/s1. The Balaban J connectivity index is 1.53. The largest absolute Gasteiger partial charge is 0.527 e. The third-order valence-corrected chi connectivity index (χ3v) is 6.37. The van der Waals surface area contributed by atoms with Gasteiger partial charge < -0.3 is 30.2 Å². The Kier molecular flexibility index (Phi) is 10.5. The first-order chi connectivity index (χ1) is 20.7. The van der Waals surface area contributed by atoms with Gasteiger partial charge in [-0.05, 0) is 37.6 Å². The number of amides is 2. The molecule has 4 rings (SSSR count). The van der Waals surface area contributed by atoms with Crippen molar-refractivity contribution in [2.45, 2.75) is 25.8 Å². The van der Waals surface area contributed by atoms with Gasteiger partial charge in [0, 0.05) is 36.8 Å². The second-order valence-electron chi connectivity index (χ2n) is 9.45. The highest BCUT2D eigenvalue weighted by molar-refractivity contribution is 5.97. The summed E-state index contributed by atoms with van der Waals surface area (Å²) in [6.07, 6.45) is -1.36. The summed E-state index contributed by atoms with van der Waals surface area (Å²) in [6.45, 7) is 2.56. The van der Waals surface area contributed by atoms with E-state index in [1.807, 2.05) is 6.07 Å². The van der Waals surface area contributed by atoms with Crippen LogP contribution in [0.4, 0.5) is 20.7 Å². The maximum atomic E-state index is 13.5. The molecule has 0 bridgehead atoms. The van der Waals surface area contributed by atoms with Crippen molar-refractivity contribution in [1.82, 2.24) is 25.2 Å². The molecular formula is C29H31FN6O7. The number of piperazine rings is 1. The van der Waals surface area contributed by atoms with Crippen molar-refractivity contribution in [3.63, 3.8) is 0 Å². The number of nitrogens with one attached hydrogen (secondary N) is 2. The molecule has 1 saturated heterocycles. The molecule has 2 heterocycles. The first kappa shape index (κ1) is 30.8. The number of carboxylic acid groups (broad SMARTS) is 1. The number of halogens is 1. The van der Waals surface area contributed by atoms with Crippen molar-refractivity contribution in [2.24, 2.45) is 0 Å². The maximum absolute atomic E-state index is 13.5. The van der Waals surface area contributed by atoms with Gasteiger partial charge in [-0.2, -0.15) is 0 Å². The molecule has 1 aliphatic rings. The summed E-state index contributed by atoms with van der Waals surface area (Å²) >= 11 is 0. The summed E-state index contributed by atoms with van der Waals surface area (Å²) < 4.78 is 18.2. The molecule has 0 saturated carbocycles. The average molecular weight is 595 g/mol. The quantitative estimate of drug-likeness (QED) is 0.279. The Bertz CT molecular complexity index is 1430. The van der Waals surface area contributed by atoms with Gasteiger partial charge in [-0.25, -0.2) is 19.2 Å². The van der Waals surface area contributed by atoms with Gasteiger partial charge in [0.05, 0.1) is 19.7 Å². The third-order valence-electron chi connectivity index (χ3n) is 6.37. The van der Waals surface area contributed by atoms with Gasteiger partial charge in [0.25, 0.3) is 5.91 Å². The number of carbonyl (C=O) groups excluding carboxylic acids is 3. The highest BCUT2D eigenvalue weighted by atomic mass is 19.1. The van der Waals surface area contributed by atoms with Crippen LogP contribution in [-0.4, -0.2) is 87.8 Å². The second-order valence-corrected chi connectivity index (χ2v) is 9.45. The fraction of sp³-hybridized carbons (Fsp3) is 0.310. The van der Waals surface area contributed by atoms with Crippen LogP contribution in [0.1, 0.15) is 30.3 Å². The molecule has 1 aromatic heterocycles. The van der Waals surface area contributed by atoms with E-state index in [0.717, 1.165) is 0 Å². The van der Waals surface area contributed by atoms with Crippen LogP contribution in [0.3, 0.4) is 0 Å². The van der Waals surface area contributed by atoms with E-state index < -0.39 is 35.8 Å². The zero-order valence-electron chi connectivity index (χ0n) is 23.4. The highest BCUT2D eigenvalue weighted by Crippen LogP contribution is 2.21. The molecule has 0 aliphatic carbocycles. The zero-order chi connectivity index (χ0) is 30.8. The van der Waals surface area contributed by atoms with Crippen molar-refractivity contribution in [3.8, 4) is 11.4 Å². The van der Waals surface area contributed by atoms with E-state index in [4.69, 9.17) is 9.57 Å². The van der Waals surface area contributed by atoms with Gasteiger partial charge in [0.2, 0.25) is 5.91 Å². The Labute approximate surface area is 246 Å². The van der Waals surface area contributed by atoms with Gasteiger partial charge in [-0.15, -0.1) is 5.06 Å². The lowest BCUT2D eigenvalue weighted by Gasteiger charge is -2.35. The SMILES string of the molecule is CCOC(=O)ON1CCN(C(=O)[C@H](CCC(=O)O)NC(=O)c2cc(Nc3ccc(F)cc3)nc(-c3ccccc3)n2)CC1. The number of aromatic nitrogens is 2. The molecule has 14 heteroatoms. The van der Waals surface area contributed by atoms with Crippen LogP contribution < -0.4 is 10.6 Å². The summed E-state index contributed by atoms with van der Waals surface area (Å²) in [5.41, 5.74) is 1.08. The summed E-state index contributed by atoms with van der Waals surface area (Å²) in [6, 6.07) is 14.7. The number of anilines is 2. The Morgan fingerprint density at radius 1 is 1.00 bits per heavy atom. The predicted molar refractivity (Wildman–Crippen MR) is 152 cm³/mol. The molecule has 1 fully saturated rings. The second kappa shape index (κ2) is 14.7. The number of aliphatic carboxylic acids is 1. The van der Waals surface area contributed by atoms with Crippen LogP contribution in [0.5, 0.6) is 0 Å². The van der Waals surface area contributed by atoms with Gasteiger partial charge in [-0.3, -0.25) is 14.4 Å². The topological polar surface area (TPSA) is 163 Å². The van der Waals surface area contributed by atoms with Crippen LogP contribution in [-0.2, 0) is 19.2 Å². The summed E-state index contributed by atoms with van der Waals surface area (Å²) in [7, 11) is 0. The Hall–Kier alpha value is -5.11. The number of hydrogen-bond acceptors (Lipinski definition) is 10. The number of hydroxylamine groups is 2. The minimum atomic E-state index is -1.16. The molecule has 43 heavy (non-hydrogen) atoms. The lowest BCUT2D eigenvalue weighted by molar-refractivity contribution is -0.157. The first-order valence-electron chi connectivity index (χ1n) is 13.6. The van der Waals surface area contributed by atoms with E-state index in [1.54, 1.807) is 31.2 Å². The third kappa shape index (κ3) is 8.94. The predicted octanol–water partition coefficient (Wildman–Crippen LogP) is 3.22. The number of carbonyl (C=O) groups is 4. The molecule has 3 aromatic rings. The highest BCUT2D eigenvalue weighted by Gasteiger charge is 2.31. The van der Waals surface area contributed by atoms with E-state index >= 15 is 0 Å². The van der Waals surface area contributed by atoms with Gasteiger partial charge in [0.15, 0.2) is 5.82 Å². The summed E-state index contributed by atoms with van der Waals surface area (Å²) in [5, 5.41) is 16.3. The molecule has 0 radical (unpaired) electrons. The van der Waals surface area contributed by atoms with Gasteiger partial charge in [0.1, 0.15) is 23.4 Å². The van der Waals surface area contributed by atoms with Crippen molar-refractivity contribution in [2.75, 3.05) is 38.1 Å². The fourth-order valence-corrected chi connectivity index (χ4v) is 4.25. The van der Waals surface area contributed by atoms with E-state index in [0.29, 0.717) is 11.3 Å². The van der Waals surface area contributed by atoms with Crippen LogP contribution >= 0.6 is 0 Å². The number of hydrogen-bond donors (Lipinski definition) is 3. The minimum Gasteiger partial charge on any atom is -0.481 e. The normalized spacial score (nSPS) is 14.0. The smallest absolute Gasteiger partial charge is 0.481 e. The van der Waals surface area contributed by atoms with E-state index in [2.05, 4.69) is 20.6 Å². The van der Waals surface area contributed by atoms with Crippen molar-refractivity contribution < 1.29 is 38.2 Å². The monoisotopic (exact) mass is 594 g/mol. The number of ether oxygens (including phenoxy) is 1. The lowest BCUT2D eigenvalue weighted by Crippen LogP contribution is -2.55. The molecule has 0 spiro atoms. The summed E-state index contributed by atoms with van der Waals surface area (Å²) in [5.74, 6) is -2.26. The molecule has 226 valence electrons. The number of rotatable bonds is 11. The van der Waals surface area contributed by atoms with Crippen LogP contribution in [0.15, 0.2) is 60.7 Å². The molecule has 1 aliphatic heterocycles. The number of nitrogens with zero attached hydrogens (tertiary/aromatic N) is 4. The molecule has 13 nitrogen and oxygen atoms in total.